The van der Waals surface area contributed by atoms with Crippen molar-refractivity contribution >= 4 is 37.6 Å². The molecule has 0 aliphatic carbocycles. The first-order chi connectivity index (χ1) is 15.8. The van der Waals surface area contributed by atoms with E-state index in [9.17, 15) is 4.79 Å². The molecule has 1 fully saturated rings. The Hall–Kier alpha value is -0.133. The Morgan fingerprint density at radius 3 is 2.15 bits per heavy atom. The van der Waals surface area contributed by atoms with Crippen LogP contribution in [0, 0.1) is 5.41 Å². The lowest BCUT2D eigenvalue weighted by molar-refractivity contribution is -0.176. The van der Waals surface area contributed by atoms with Crippen molar-refractivity contribution < 1.29 is 28.2 Å². The molecule has 0 spiro atoms. The number of hydrogen-bond donors (Lipinski definition) is 0. The minimum Gasteiger partial charge on any atom is -0.409 e. The lowest BCUT2D eigenvalue weighted by Crippen LogP contribution is -2.47. The highest BCUT2D eigenvalue weighted by Crippen LogP contribution is 2.37. The quantitative estimate of drug-likeness (QED) is 0.138. The monoisotopic (exact) mass is 534 g/mol. The molecule has 1 aliphatic heterocycles. The molecule has 1 heterocycles. The van der Waals surface area contributed by atoms with E-state index in [0.29, 0.717) is 11.0 Å². The van der Waals surface area contributed by atoms with Gasteiger partial charge in [0.2, 0.25) is 0 Å². The van der Waals surface area contributed by atoms with Gasteiger partial charge in [-0.2, -0.15) is 0 Å². The van der Waals surface area contributed by atoms with Gasteiger partial charge in [-0.1, -0.05) is 58.9 Å². The molecule has 0 unspecified atom stereocenters. The first-order valence-corrected chi connectivity index (χ1v) is 16.8. The molecule has 0 aromatic carbocycles. The minimum absolute atomic E-state index is 0.000924. The zero-order valence-corrected chi connectivity index (χ0v) is 25.2. The van der Waals surface area contributed by atoms with Crippen molar-refractivity contribution in [1.29, 1.82) is 0 Å². The number of Topliss-reactive ketones (excluding diaryl/α,β-unsaturated/α-hetero) is 1. The lowest BCUT2D eigenvalue weighted by Gasteiger charge is -2.37. The van der Waals surface area contributed by atoms with Crippen LogP contribution in [0.25, 0.3) is 0 Å². The standard InChI is InChI=1S/C25H46O6S2Si/c1-24(2,3)34(8,9)31-17-20(26)23(30-19-28-7)21(29-18-27-6)16-25(4,5)13-11-10-12-22-32-14-15-33-22/h10-13,21-23H,14-19H2,1-9H3/b12-10+,13-11+/t21-,23+/m0/s1. The molecule has 0 aromatic heterocycles. The summed E-state index contributed by atoms with van der Waals surface area (Å²) < 4.78 is 28.8. The van der Waals surface area contributed by atoms with Gasteiger partial charge in [0.1, 0.15) is 19.7 Å². The van der Waals surface area contributed by atoms with E-state index in [1.807, 2.05) is 23.5 Å². The Labute approximate surface area is 217 Å². The first-order valence-electron chi connectivity index (χ1n) is 11.8. The van der Waals surface area contributed by atoms with Crippen molar-refractivity contribution in [3.63, 3.8) is 0 Å². The van der Waals surface area contributed by atoms with Gasteiger partial charge in [-0.05, 0) is 30.0 Å². The maximum atomic E-state index is 13.3. The van der Waals surface area contributed by atoms with Gasteiger partial charge in [-0.3, -0.25) is 4.79 Å². The number of ketones is 1. The maximum Gasteiger partial charge on any atom is 0.192 e. The first kappa shape index (κ1) is 31.9. The number of ether oxygens (including phenoxy) is 4. The van der Waals surface area contributed by atoms with Crippen LogP contribution in [0.5, 0.6) is 0 Å². The third-order valence-electron chi connectivity index (χ3n) is 6.10. The molecule has 1 saturated heterocycles. The smallest absolute Gasteiger partial charge is 0.192 e. The third-order valence-corrected chi connectivity index (χ3v) is 13.5. The second-order valence-electron chi connectivity index (χ2n) is 10.7. The second-order valence-corrected chi connectivity index (χ2v) is 18.3. The summed E-state index contributed by atoms with van der Waals surface area (Å²) in [5.74, 6) is 2.28. The molecule has 1 aliphatic rings. The molecular weight excluding hydrogens is 488 g/mol. The largest absolute Gasteiger partial charge is 0.409 e. The fourth-order valence-electron chi connectivity index (χ4n) is 3.05. The molecule has 2 atom stereocenters. The number of methoxy groups -OCH3 is 2. The van der Waals surface area contributed by atoms with Gasteiger partial charge >= 0.3 is 0 Å². The van der Waals surface area contributed by atoms with E-state index >= 15 is 0 Å². The molecule has 0 amide bonds. The Morgan fingerprint density at radius 2 is 1.59 bits per heavy atom. The molecule has 9 heteroatoms. The molecule has 0 aromatic rings. The molecule has 6 nitrogen and oxygen atoms in total. The number of carbonyl (C=O) groups is 1. The topological polar surface area (TPSA) is 63.2 Å². The number of thioether (sulfide) groups is 2. The van der Waals surface area contributed by atoms with Crippen molar-refractivity contribution in [2.45, 2.75) is 76.0 Å². The summed E-state index contributed by atoms with van der Waals surface area (Å²) in [5, 5.41) is 0.0118. The van der Waals surface area contributed by atoms with Crippen LogP contribution in [0.1, 0.15) is 41.0 Å². The molecule has 34 heavy (non-hydrogen) atoms. The second kappa shape index (κ2) is 15.2. The van der Waals surface area contributed by atoms with E-state index in [4.69, 9.17) is 23.4 Å². The highest BCUT2D eigenvalue weighted by Gasteiger charge is 2.40. The zero-order valence-electron chi connectivity index (χ0n) is 22.6. The summed E-state index contributed by atoms with van der Waals surface area (Å²) in [6.07, 6.45) is 7.85. The highest BCUT2D eigenvalue weighted by molar-refractivity contribution is 8.20. The van der Waals surface area contributed by atoms with Crippen LogP contribution in [0.15, 0.2) is 24.3 Å². The van der Waals surface area contributed by atoms with Crippen LogP contribution < -0.4 is 0 Å². The summed E-state index contributed by atoms with van der Waals surface area (Å²) in [4.78, 5) is 13.3. The Balaban J connectivity index is 2.93. The highest BCUT2D eigenvalue weighted by atomic mass is 32.2. The van der Waals surface area contributed by atoms with Crippen molar-refractivity contribution in [3.05, 3.63) is 24.3 Å². The number of allylic oxidation sites excluding steroid dienone is 3. The number of carbonyl (C=O) groups excluding carboxylic acids is 1. The molecule has 198 valence electrons. The molecular formula is C25H46O6S2Si. The summed E-state index contributed by atoms with van der Waals surface area (Å²) >= 11 is 3.95. The van der Waals surface area contributed by atoms with E-state index in [1.54, 1.807) is 14.2 Å². The third kappa shape index (κ3) is 11.7. The van der Waals surface area contributed by atoms with Gasteiger partial charge in [0.05, 0.1) is 17.3 Å². The van der Waals surface area contributed by atoms with Crippen LogP contribution in [-0.2, 0) is 28.2 Å². The summed E-state index contributed by atoms with van der Waals surface area (Å²) in [5.41, 5.74) is -0.228. The van der Waals surface area contributed by atoms with E-state index in [-0.39, 0.29) is 36.4 Å². The Bertz CT molecular complexity index is 654. The minimum atomic E-state index is -2.08. The molecule has 0 bridgehead atoms. The molecule has 0 saturated carbocycles. The van der Waals surface area contributed by atoms with Crippen LogP contribution >= 0.6 is 23.5 Å². The van der Waals surface area contributed by atoms with Crippen molar-refractivity contribution in [2.24, 2.45) is 5.41 Å². The summed E-state index contributed by atoms with van der Waals surface area (Å²) in [7, 11) is 1.03. The average Bonchev–Trinajstić information content (AvgIpc) is 3.26. The van der Waals surface area contributed by atoms with Crippen molar-refractivity contribution in [2.75, 3.05) is 45.9 Å². The normalized spacial score (nSPS) is 18.3. The zero-order chi connectivity index (χ0) is 25.8. The Morgan fingerprint density at radius 1 is 1.00 bits per heavy atom. The van der Waals surface area contributed by atoms with Gasteiger partial charge in [-0.25, -0.2) is 0 Å². The summed E-state index contributed by atoms with van der Waals surface area (Å²) in [6, 6.07) is 0. The Kier molecular flexibility index (Phi) is 14.3. The van der Waals surface area contributed by atoms with E-state index < -0.39 is 20.5 Å². The van der Waals surface area contributed by atoms with Gasteiger partial charge in [0.25, 0.3) is 0 Å². The van der Waals surface area contributed by atoms with Gasteiger partial charge in [0, 0.05) is 25.7 Å². The van der Waals surface area contributed by atoms with Crippen LogP contribution in [-0.4, -0.2) is 76.8 Å². The van der Waals surface area contributed by atoms with Crippen molar-refractivity contribution in [3.8, 4) is 0 Å². The van der Waals surface area contributed by atoms with Crippen molar-refractivity contribution in [1.82, 2.24) is 0 Å². The van der Waals surface area contributed by atoms with Crippen LogP contribution in [0.4, 0.5) is 0 Å². The van der Waals surface area contributed by atoms with E-state index in [1.165, 1.54) is 11.5 Å². The van der Waals surface area contributed by atoms with Crippen LogP contribution in [0.3, 0.4) is 0 Å². The molecule has 0 radical (unpaired) electrons. The number of rotatable bonds is 16. The molecule has 1 rings (SSSR count). The van der Waals surface area contributed by atoms with Crippen LogP contribution in [0.2, 0.25) is 18.1 Å². The lowest BCUT2D eigenvalue weighted by atomic mass is 9.84. The van der Waals surface area contributed by atoms with E-state index in [2.05, 4.69) is 72.0 Å². The predicted molar refractivity (Wildman–Crippen MR) is 147 cm³/mol. The SMILES string of the molecule is COCO[C@@H](CC(C)(C)/C=C/C=C/C1SCCS1)[C@H](OCOC)C(=O)CO[Si](C)(C)C(C)(C)C. The van der Waals surface area contributed by atoms with Gasteiger partial charge in [0.15, 0.2) is 14.1 Å². The maximum absolute atomic E-state index is 13.3. The fraction of sp³-hybridized carbons (Fsp3) is 0.800. The predicted octanol–water partition coefficient (Wildman–Crippen LogP) is 5.89. The number of hydrogen-bond acceptors (Lipinski definition) is 8. The van der Waals surface area contributed by atoms with Gasteiger partial charge < -0.3 is 23.4 Å². The summed E-state index contributed by atoms with van der Waals surface area (Å²) in [6.45, 7) is 15.0. The average molecular weight is 535 g/mol. The fourth-order valence-corrected chi connectivity index (χ4v) is 6.59. The van der Waals surface area contributed by atoms with Gasteiger partial charge in [-0.15, -0.1) is 23.5 Å². The molecule has 0 N–H and O–H groups in total. The van der Waals surface area contributed by atoms with E-state index in [0.717, 1.165) is 0 Å².